The largest absolute Gasteiger partial charge is 0.463 e. The molecule has 130 valence electrons. The molecule has 1 unspecified atom stereocenters. The molecule has 1 N–H and O–H groups in total. The van der Waals surface area contributed by atoms with Crippen molar-refractivity contribution in [3.05, 3.63) is 23.2 Å². The van der Waals surface area contributed by atoms with E-state index < -0.39 is 16.0 Å². The molecule has 0 radical (unpaired) electrons. The summed E-state index contributed by atoms with van der Waals surface area (Å²) in [5, 5.41) is 0. The van der Waals surface area contributed by atoms with Crippen molar-refractivity contribution in [1.82, 2.24) is 9.62 Å². The van der Waals surface area contributed by atoms with Gasteiger partial charge in [-0.3, -0.25) is 4.90 Å². The first kappa shape index (κ1) is 18.0. The number of nitrogens with zero attached hydrogens (tertiary/aromatic N) is 1. The van der Waals surface area contributed by atoms with E-state index in [1.807, 2.05) is 13.0 Å². The molecule has 7 nitrogen and oxygen atoms in total. The summed E-state index contributed by atoms with van der Waals surface area (Å²) in [6.45, 7) is 4.61. The zero-order valence-electron chi connectivity index (χ0n) is 13.8. The standard InChI is InChI=1S/C15H24N2O5S/c1-11-7-13(22-14(11)15(18)21-2)10-17-6-4-5-12(9-17)8-16-23(3,19)20/h7,12,16H,4-6,8-10H2,1-3H3. The Morgan fingerprint density at radius 2 is 2.26 bits per heavy atom. The fourth-order valence-electron chi connectivity index (χ4n) is 2.87. The second kappa shape index (κ2) is 7.46. The number of rotatable bonds is 6. The number of ether oxygens (including phenoxy) is 1. The fourth-order valence-corrected chi connectivity index (χ4v) is 3.41. The molecule has 1 atom stereocenters. The number of likely N-dealkylation sites (tertiary alicyclic amines) is 1. The van der Waals surface area contributed by atoms with Crippen molar-refractivity contribution in [1.29, 1.82) is 0 Å². The van der Waals surface area contributed by atoms with E-state index in [1.165, 1.54) is 13.4 Å². The maximum absolute atomic E-state index is 11.6. The van der Waals surface area contributed by atoms with Crippen LogP contribution in [0, 0.1) is 12.8 Å². The summed E-state index contributed by atoms with van der Waals surface area (Å²) < 4.78 is 35.2. The van der Waals surface area contributed by atoms with Crippen molar-refractivity contribution in [3.63, 3.8) is 0 Å². The van der Waals surface area contributed by atoms with Gasteiger partial charge < -0.3 is 9.15 Å². The monoisotopic (exact) mass is 344 g/mol. The fraction of sp³-hybridized carbons (Fsp3) is 0.667. The molecule has 8 heteroatoms. The number of hydrogen-bond acceptors (Lipinski definition) is 6. The Morgan fingerprint density at radius 3 is 2.91 bits per heavy atom. The minimum atomic E-state index is -3.15. The zero-order chi connectivity index (χ0) is 17.0. The summed E-state index contributed by atoms with van der Waals surface area (Å²) in [4.78, 5) is 13.8. The molecule has 0 amide bonds. The molecule has 1 fully saturated rings. The second-order valence-corrected chi connectivity index (χ2v) is 7.91. The Kier molecular flexibility index (Phi) is 5.83. The molecular weight excluding hydrogens is 320 g/mol. The number of aryl methyl sites for hydroxylation is 1. The Balaban J connectivity index is 1.93. The van der Waals surface area contributed by atoms with Crippen LogP contribution in [0.5, 0.6) is 0 Å². The van der Waals surface area contributed by atoms with Crippen LogP contribution >= 0.6 is 0 Å². The van der Waals surface area contributed by atoms with Crippen molar-refractivity contribution < 1.29 is 22.4 Å². The third-order valence-corrected chi connectivity index (χ3v) is 4.65. The van der Waals surface area contributed by atoms with Crippen LogP contribution in [0.1, 0.15) is 34.7 Å². The smallest absolute Gasteiger partial charge is 0.374 e. The van der Waals surface area contributed by atoms with E-state index in [0.717, 1.165) is 37.3 Å². The minimum Gasteiger partial charge on any atom is -0.463 e. The van der Waals surface area contributed by atoms with E-state index in [4.69, 9.17) is 4.42 Å². The van der Waals surface area contributed by atoms with Gasteiger partial charge in [0.15, 0.2) is 0 Å². The average molecular weight is 344 g/mol. The zero-order valence-corrected chi connectivity index (χ0v) is 14.6. The van der Waals surface area contributed by atoms with Gasteiger partial charge in [0.2, 0.25) is 15.8 Å². The summed E-state index contributed by atoms with van der Waals surface area (Å²) in [7, 11) is -1.83. The van der Waals surface area contributed by atoms with Gasteiger partial charge in [0, 0.05) is 18.7 Å². The van der Waals surface area contributed by atoms with Gasteiger partial charge in [0.25, 0.3) is 0 Å². The molecule has 0 saturated carbocycles. The lowest BCUT2D eigenvalue weighted by atomic mass is 9.98. The Hall–Kier alpha value is -1.38. The van der Waals surface area contributed by atoms with Gasteiger partial charge in [-0.05, 0) is 38.3 Å². The lowest BCUT2D eigenvalue weighted by Crippen LogP contribution is -2.40. The van der Waals surface area contributed by atoms with Gasteiger partial charge in [0.1, 0.15) is 5.76 Å². The van der Waals surface area contributed by atoms with E-state index in [-0.39, 0.29) is 11.7 Å². The summed E-state index contributed by atoms with van der Waals surface area (Å²) >= 11 is 0. The van der Waals surface area contributed by atoms with Crippen LogP contribution in [-0.2, 0) is 21.3 Å². The highest BCUT2D eigenvalue weighted by Crippen LogP contribution is 2.21. The van der Waals surface area contributed by atoms with E-state index in [2.05, 4.69) is 14.4 Å². The van der Waals surface area contributed by atoms with Gasteiger partial charge in [0.05, 0.1) is 19.9 Å². The Morgan fingerprint density at radius 1 is 1.52 bits per heavy atom. The van der Waals surface area contributed by atoms with E-state index in [9.17, 15) is 13.2 Å². The molecular formula is C15H24N2O5S. The predicted octanol–water partition coefficient (Wildman–Crippen LogP) is 1.14. The number of hydrogen-bond donors (Lipinski definition) is 1. The number of nitrogens with one attached hydrogen (secondary N) is 1. The van der Waals surface area contributed by atoms with Crippen molar-refractivity contribution in [2.75, 3.05) is 33.0 Å². The number of piperidine rings is 1. The highest BCUT2D eigenvalue weighted by molar-refractivity contribution is 7.88. The number of carbonyl (C=O) groups excluding carboxylic acids is 1. The summed E-state index contributed by atoms with van der Waals surface area (Å²) in [5.74, 6) is 0.784. The first-order valence-corrected chi connectivity index (χ1v) is 9.52. The quantitative estimate of drug-likeness (QED) is 0.779. The highest BCUT2D eigenvalue weighted by atomic mass is 32.2. The third kappa shape index (κ3) is 5.33. The van der Waals surface area contributed by atoms with Crippen LogP contribution in [0.4, 0.5) is 0 Å². The van der Waals surface area contributed by atoms with E-state index >= 15 is 0 Å². The van der Waals surface area contributed by atoms with Gasteiger partial charge in [-0.2, -0.15) is 0 Å². The molecule has 0 bridgehead atoms. The lowest BCUT2D eigenvalue weighted by molar-refractivity contribution is 0.0558. The molecule has 0 aromatic carbocycles. The van der Waals surface area contributed by atoms with Crippen LogP contribution in [0.2, 0.25) is 0 Å². The van der Waals surface area contributed by atoms with E-state index in [0.29, 0.717) is 13.1 Å². The van der Waals surface area contributed by atoms with E-state index in [1.54, 1.807) is 0 Å². The normalized spacial score (nSPS) is 19.7. The lowest BCUT2D eigenvalue weighted by Gasteiger charge is -2.32. The van der Waals surface area contributed by atoms with Crippen molar-refractivity contribution in [2.45, 2.75) is 26.3 Å². The van der Waals surface area contributed by atoms with Crippen LogP contribution in [0.3, 0.4) is 0 Å². The molecule has 1 aromatic heterocycles. The van der Waals surface area contributed by atoms with Crippen molar-refractivity contribution in [3.8, 4) is 0 Å². The van der Waals surface area contributed by atoms with Crippen LogP contribution in [0.25, 0.3) is 0 Å². The van der Waals surface area contributed by atoms with Gasteiger partial charge in [-0.15, -0.1) is 0 Å². The van der Waals surface area contributed by atoms with Crippen molar-refractivity contribution in [2.24, 2.45) is 5.92 Å². The molecule has 1 saturated heterocycles. The molecule has 1 aromatic rings. The highest BCUT2D eigenvalue weighted by Gasteiger charge is 2.23. The topological polar surface area (TPSA) is 88.8 Å². The maximum Gasteiger partial charge on any atom is 0.374 e. The van der Waals surface area contributed by atoms with Crippen molar-refractivity contribution >= 4 is 16.0 Å². The third-order valence-electron chi connectivity index (χ3n) is 3.96. The summed E-state index contributed by atoms with van der Waals surface area (Å²) in [5.41, 5.74) is 0.763. The predicted molar refractivity (Wildman–Crippen MR) is 85.6 cm³/mol. The number of furan rings is 1. The van der Waals surface area contributed by atoms with Gasteiger partial charge >= 0.3 is 5.97 Å². The summed E-state index contributed by atoms with van der Waals surface area (Å²) in [6.07, 6.45) is 3.19. The number of esters is 1. The molecule has 1 aliphatic rings. The van der Waals surface area contributed by atoms with Gasteiger partial charge in [-0.25, -0.2) is 17.9 Å². The first-order valence-electron chi connectivity index (χ1n) is 7.63. The Labute approximate surface area is 137 Å². The van der Waals surface area contributed by atoms with Gasteiger partial charge in [-0.1, -0.05) is 0 Å². The molecule has 1 aliphatic heterocycles. The summed E-state index contributed by atoms with van der Waals surface area (Å²) in [6, 6.07) is 1.85. The molecule has 2 rings (SSSR count). The van der Waals surface area contributed by atoms with Crippen LogP contribution < -0.4 is 4.72 Å². The molecule has 2 heterocycles. The molecule has 23 heavy (non-hydrogen) atoms. The maximum atomic E-state index is 11.6. The van der Waals surface area contributed by atoms with Crippen LogP contribution in [0.15, 0.2) is 10.5 Å². The number of sulfonamides is 1. The number of methoxy groups -OCH3 is 1. The SMILES string of the molecule is COC(=O)c1oc(CN2CCCC(CNS(C)(=O)=O)C2)cc1C. The second-order valence-electron chi connectivity index (χ2n) is 6.08. The molecule has 0 aliphatic carbocycles. The minimum absolute atomic E-state index is 0.245. The van der Waals surface area contributed by atoms with Crippen LogP contribution in [-0.4, -0.2) is 52.3 Å². The molecule has 0 spiro atoms. The average Bonchev–Trinajstić information content (AvgIpc) is 2.84. The Bertz CT molecular complexity index is 653. The first-order chi connectivity index (χ1) is 10.8. The number of carbonyl (C=O) groups is 1.